The van der Waals surface area contributed by atoms with Crippen molar-refractivity contribution >= 4 is 15.9 Å². The summed E-state index contributed by atoms with van der Waals surface area (Å²) in [5.41, 5.74) is 7.14. The third kappa shape index (κ3) is 2.81. The number of aromatic nitrogens is 1. The van der Waals surface area contributed by atoms with Crippen molar-refractivity contribution in [1.82, 2.24) is 4.98 Å². The normalized spacial score (nSPS) is 19.6. The summed E-state index contributed by atoms with van der Waals surface area (Å²) in [5, 5.41) is 0. The predicted octanol–water partition coefficient (Wildman–Crippen LogP) is 2.31. The second kappa shape index (κ2) is 5.75. The van der Waals surface area contributed by atoms with Crippen LogP contribution >= 0.6 is 15.9 Å². The van der Waals surface area contributed by atoms with Gasteiger partial charge in [0.25, 0.3) is 0 Å². The first-order chi connectivity index (χ1) is 7.81. The summed E-state index contributed by atoms with van der Waals surface area (Å²) in [6, 6.07) is 2.12. The van der Waals surface area contributed by atoms with Gasteiger partial charge in [-0.3, -0.25) is 4.98 Å². The summed E-state index contributed by atoms with van der Waals surface area (Å²) >= 11 is 3.46. The molecule has 2 heterocycles. The molecule has 1 aromatic rings. The predicted molar refractivity (Wildman–Crippen MR) is 67.3 cm³/mol. The van der Waals surface area contributed by atoms with E-state index in [1.54, 1.807) is 6.20 Å². The number of hydrogen-bond donors (Lipinski definition) is 1. The van der Waals surface area contributed by atoms with Crippen LogP contribution in [0.25, 0.3) is 0 Å². The minimum absolute atomic E-state index is 0.411. The van der Waals surface area contributed by atoms with E-state index in [0.29, 0.717) is 18.4 Å². The fourth-order valence-corrected chi connectivity index (χ4v) is 2.73. The molecule has 0 spiro atoms. The fraction of sp³-hybridized carbons (Fsp3) is 0.583. The number of pyridine rings is 1. The molecule has 4 heteroatoms. The minimum atomic E-state index is 0.411. The van der Waals surface area contributed by atoms with E-state index >= 15 is 0 Å². The van der Waals surface area contributed by atoms with Gasteiger partial charge in [-0.05, 0) is 52.9 Å². The van der Waals surface area contributed by atoms with Gasteiger partial charge in [0.15, 0.2) is 0 Å². The van der Waals surface area contributed by atoms with Gasteiger partial charge in [-0.25, -0.2) is 0 Å². The maximum absolute atomic E-state index is 5.90. The van der Waals surface area contributed by atoms with Gasteiger partial charge in [-0.15, -0.1) is 0 Å². The van der Waals surface area contributed by atoms with Crippen LogP contribution in [-0.2, 0) is 4.74 Å². The van der Waals surface area contributed by atoms with E-state index in [9.17, 15) is 0 Å². The number of nitrogens with two attached hydrogens (primary N) is 1. The molecular formula is C12H17BrN2O. The van der Waals surface area contributed by atoms with Crippen molar-refractivity contribution in [2.45, 2.75) is 18.8 Å². The Hall–Kier alpha value is -0.450. The van der Waals surface area contributed by atoms with Gasteiger partial charge in [-0.2, -0.15) is 0 Å². The highest BCUT2D eigenvalue weighted by molar-refractivity contribution is 9.10. The Morgan fingerprint density at radius 1 is 1.44 bits per heavy atom. The van der Waals surface area contributed by atoms with E-state index in [2.05, 4.69) is 27.0 Å². The van der Waals surface area contributed by atoms with Crippen LogP contribution in [0, 0.1) is 5.92 Å². The number of ether oxygens (including phenoxy) is 1. The Labute approximate surface area is 105 Å². The molecule has 0 amide bonds. The fourth-order valence-electron chi connectivity index (χ4n) is 2.35. The molecule has 1 atom stereocenters. The van der Waals surface area contributed by atoms with Gasteiger partial charge < -0.3 is 10.5 Å². The molecule has 2 N–H and O–H groups in total. The SMILES string of the molecule is NCC(c1cncc(Br)c1)C1CCOCC1. The Morgan fingerprint density at radius 3 is 2.81 bits per heavy atom. The lowest BCUT2D eigenvalue weighted by molar-refractivity contribution is 0.0586. The third-order valence-electron chi connectivity index (χ3n) is 3.24. The second-order valence-corrected chi connectivity index (χ2v) is 5.14. The van der Waals surface area contributed by atoms with Crippen LogP contribution in [0.1, 0.15) is 24.3 Å². The van der Waals surface area contributed by atoms with E-state index in [4.69, 9.17) is 10.5 Å². The average Bonchev–Trinajstić information content (AvgIpc) is 2.31. The smallest absolute Gasteiger partial charge is 0.0468 e. The van der Waals surface area contributed by atoms with Gasteiger partial charge in [0.2, 0.25) is 0 Å². The molecule has 0 radical (unpaired) electrons. The molecule has 0 saturated carbocycles. The molecule has 1 fully saturated rings. The summed E-state index contributed by atoms with van der Waals surface area (Å²) in [7, 11) is 0. The summed E-state index contributed by atoms with van der Waals surface area (Å²) in [6.07, 6.45) is 5.95. The van der Waals surface area contributed by atoms with Gasteiger partial charge in [0, 0.05) is 36.0 Å². The van der Waals surface area contributed by atoms with Gasteiger partial charge in [-0.1, -0.05) is 0 Å². The molecule has 0 bridgehead atoms. The highest BCUT2D eigenvalue weighted by Crippen LogP contribution is 2.31. The van der Waals surface area contributed by atoms with Crippen LogP contribution in [0.15, 0.2) is 22.9 Å². The third-order valence-corrected chi connectivity index (χ3v) is 3.68. The number of halogens is 1. The molecule has 1 aliphatic rings. The van der Waals surface area contributed by atoms with Crippen molar-refractivity contribution in [3.05, 3.63) is 28.5 Å². The monoisotopic (exact) mass is 284 g/mol. The van der Waals surface area contributed by atoms with Gasteiger partial charge in [0.1, 0.15) is 0 Å². The summed E-state index contributed by atoms with van der Waals surface area (Å²) in [6.45, 7) is 2.41. The summed E-state index contributed by atoms with van der Waals surface area (Å²) < 4.78 is 6.41. The van der Waals surface area contributed by atoms with E-state index in [0.717, 1.165) is 30.5 Å². The molecule has 1 unspecified atom stereocenters. The van der Waals surface area contributed by atoms with Crippen molar-refractivity contribution in [3.8, 4) is 0 Å². The van der Waals surface area contributed by atoms with Crippen LogP contribution in [0.3, 0.4) is 0 Å². The van der Waals surface area contributed by atoms with Crippen molar-refractivity contribution in [2.24, 2.45) is 11.7 Å². The zero-order valence-corrected chi connectivity index (χ0v) is 10.8. The topological polar surface area (TPSA) is 48.1 Å². The van der Waals surface area contributed by atoms with Crippen molar-refractivity contribution in [2.75, 3.05) is 19.8 Å². The van der Waals surface area contributed by atoms with Crippen LogP contribution in [-0.4, -0.2) is 24.7 Å². The first-order valence-corrected chi connectivity index (χ1v) is 6.49. The average molecular weight is 285 g/mol. The van der Waals surface area contributed by atoms with Crippen LogP contribution < -0.4 is 5.73 Å². The Balaban J connectivity index is 2.14. The van der Waals surface area contributed by atoms with E-state index in [1.165, 1.54) is 5.56 Å². The summed E-state index contributed by atoms with van der Waals surface area (Å²) in [4.78, 5) is 4.21. The number of hydrogen-bond acceptors (Lipinski definition) is 3. The van der Waals surface area contributed by atoms with Crippen molar-refractivity contribution < 1.29 is 4.74 Å². The molecule has 16 heavy (non-hydrogen) atoms. The maximum Gasteiger partial charge on any atom is 0.0468 e. The zero-order valence-electron chi connectivity index (χ0n) is 9.23. The Morgan fingerprint density at radius 2 is 2.19 bits per heavy atom. The van der Waals surface area contributed by atoms with E-state index in [-0.39, 0.29) is 0 Å². The lowest BCUT2D eigenvalue weighted by atomic mass is 9.82. The maximum atomic E-state index is 5.90. The van der Waals surface area contributed by atoms with Crippen molar-refractivity contribution in [1.29, 1.82) is 0 Å². The Bertz CT molecular complexity index is 340. The molecule has 88 valence electrons. The molecule has 2 rings (SSSR count). The lowest BCUT2D eigenvalue weighted by Crippen LogP contribution is -2.27. The molecule has 0 aromatic carbocycles. The van der Waals surface area contributed by atoms with Crippen LogP contribution in [0.4, 0.5) is 0 Å². The molecule has 1 aliphatic heterocycles. The zero-order chi connectivity index (χ0) is 11.4. The van der Waals surface area contributed by atoms with Gasteiger partial charge >= 0.3 is 0 Å². The first-order valence-electron chi connectivity index (χ1n) is 5.69. The molecule has 3 nitrogen and oxygen atoms in total. The van der Waals surface area contributed by atoms with Crippen LogP contribution in [0.2, 0.25) is 0 Å². The van der Waals surface area contributed by atoms with E-state index in [1.807, 2.05) is 6.20 Å². The largest absolute Gasteiger partial charge is 0.381 e. The van der Waals surface area contributed by atoms with Crippen LogP contribution in [0.5, 0.6) is 0 Å². The number of rotatable bonds is 3. The molecular weight excluding hydrogens is 268 g/mol. The number of nitrogens with zero attached hydrogens (tertiary/aromatic N) is 1. The second-order valence-electron chi connectivity index (χ2n) is 4.23. The molecule has 1 saturated heterocycles. The Kier molecular flexibility index (Phi) is 4.32. The highest BCUT2D eigenvalue weighted by Gasteiger charge is 2.24. The summed E-state index contributed by atoms with van der Waals surface area (Å²) in [5.74, 6) is 1.05. The standard InChI is InChI=1S/C12H17BrN2O/c13-11-5-10(7-15-8-11)12(6-14)9-1-3-16-4-2-9/h5,7-9,12H,1-4,6,14H2. The highest BCUT2D eigenvalue weighted by atomic mass is 79.9. The first kappa shape index (κ1) is 12.0. The molecule has 0 aliphatic carbocycles. The quantitative estimate of drug-likeness (QED) is 0.927. The molecule has 1 aromatic heterocycles. The van der Waals surface area contributed by atoms with Gasteiger partial charge in [0.05, 0.1) is 0 Å². The van der Waals surface area contributed by atoms with Crippen molar-refractivity contribution in [3.63, 3.8) is 0 Å². The minimum Gasteiger partial charge on any atom is -0.381 e. The lowest BCUT2D eigenvalue weighted by Gasteiger charge is -2.29. The van der Waals surface area contributed by atoms with E-state index < -0.39 is 0 Å².